The summed E-state index contributed by atoms with van der Waals surface area (Å²) in [4.78, 5) is 13.4. The van der Waals surface area contributed by atoms with Crippen molar-refractivity contribution in [2.75, 3.05) is 13.1 Å². The fourth-order valence-corrected chi connectivity index (χ4v) is 2.84. The number of nitrogens with one attached hydrogen (secondary N) is 2. The molecule has 2 aromatic rings. The Morgan fingerprint density at radius 2 is 2.17 bits per heavy atom. The van der Waals surface area contributed by atoms with E-state index in [1.54, 1.807) is 22.3 Å². The van der Waals surface area contributed by atoms with E-state index in [4.69, 9.17) is 0 Å². The number of halogens is 1. The topological polar surface area (TPSA) is 80.0 Å². The molecule has 0 radical (unpaired) electrons. The van der Waals surface area contributed by atoms with Crippen LogP contribution in [0, 0.1) is 0 Å². The molecule has 134 valence electrons. The van der Waals surface area contributed by atoms with Crippen LogP contribution in [0.25, 0.3) is 0 Å². The van der Waals surface area contributed by atoms with Crippen molar-refractivity contribution >= 4 is 41.3 Å². The van der Waals surface area contributed by atoms with Crippen LogP contribution in [0.3, 0.4) is 0 Å². The molecule has 0 aliphatic rings. The summed E-state index contributed by atoms with van der Waals surface area (Å²) in [5, 5.41) is 14.0. The maximum absolute atomic E-state index is 4.65. The van der Waals surface area contributed by atoms with Crippen molar-refractivity contribution in [3.8, 4) is 0 Å². The molecule has 0 aliphatic carbocycles. The van der Waals surface area contributed by atoms with Gasteiger partial charge < -0.3 is 10.6 Å². The lowest BCUT2D eigenvalue weighted by atomic mass is 10.2. The first kappa shape index (κ1) is 20.8. The number of hydrogen-bond donors (Lipinski definition) is 2. The highest BCUT2D eigenvalue weighted by Crippen LogP contribution is 2.19. The van der Waals surface area contributed by atoms with Crippen molar-refractivity contribution < 1.29 is 0 Å². The van der Waals surface area contributed by atoms with Crippen LogP contribution in [0.1, 0.15) is 43.2 Å². The first-order chi connectivity index (χ1) is 11.1. The van der Waals surface area contributed by atoms with Crippen LogP contribution < -0.4 is 10.6 Å². The van der Waals surface area contributed by atoms with Crippen molar-refractivity contribution in [2.24, 2.45) is 12.0 Å². The zero-order chi connectivity index (χ0) is 16.7. The molecule has 0 saturated heterocycles. The third-order valence-corrected chi connectivity index (χ3v) is 4.46. The number of hydrogen-bond acceptors (Lipinski definition) is 5. The van der Waals surface area contributed by atoms with Gasteiger partial charge in [-0.25, -0.2) is 15.0 Å². The second-order valence-corrected chi connectivity index (χ2v) is 6.39. The van der Waals surface area contributed by atoms with Crippen molar-refractivity contribution in [1.29, 1.82) is 0 Å². The number of aromatic nitrogens is 4. The molecule has 0 unspecified atom stereocenters. The molecule has 0 aromatic carbocycles. The van der Waals surface area contributed by atoms with Gasteiger partial charge in [0.1, 0.15) is 18.7 Å². The van der Waals surface area contributed by atoms with Crippen molar-refractivity contribution in [3.63, 3.8) is 0 Å². The van der Waals surface area contributed by atoms with Gasteiger partial charge in [-0.15, -0.1) is 35.3 Å². The summed E-state index contributed by atoms with van der Waals surface area (Å²) >= 11 is 1.73. The van der Waals surface area contributed by atoms with Crippen molar-refractivity contribution in [1.82, 2.24) is 30.4 Å². The van der Waals surface area contributed by atoms with E-state index in [2.05, 4.69) is 56.8 Å². The Morgan fingerprint density at radius 3 is 2.75 bits per heavy atom. The molecule has 0 spiro atoms. The normalized spacial score (nSPS) is 11.5. The highest BCUT2D eigenvalue weighted by Gasteiger charge is 2.06. The lowest BCUT2D eigenvalue weighted by Crippen LogP contribution is -2.38. The van der Waals surface area contributed by atoms with Gasteiger partial charge in [-0.2, -0.15) is 5.10 Å². The standard InChI is InChI=1S/C15H25N7S.HI/c1-5-16-15(18-8-13-19-10-20-22(13)4)17-7-6-12-9-23-14(21-12)11(2)3;/h9-11H,5-8H2,1-4H3,(H2,16,17,18);1H. The number of aryl methyl sites for hydroxylation is 1. The van der Waals surface area contributed by atoms with E-state index in [0.29, 0.717) is 12.5 Å². The van der Waals surface area contributed by atoms with Gasteiger partial charge in [-0.3, -0.25) is 4.68 Å². The second-order valence-electron chi connectivity index (χ2n) is 5.50. The minimum Gasteiger partial charge on any atom is -0.357 e. The first-order valence-corrected chi connectivity index (χ1v) is 8.77. The quantitative estimate of drug-likeness (QED) is 0.374. The van der Waals surface area contributed by atoms with Gasteiger partial charge >= 0.3 is 0 Å². The maximum Gasteiger partial charge on any atom is 0.191 e. The van der Waals surface area contributed by atoms with E-state index in [0.717, 1.165) is 37.0 Å². The van der Waals surface area contributed by atoms with Crippen LogP contribution in [0.2, 0.25) is 0 Å². The molecule has 2 rings (SSSR count). The van der Waals surface area contributed by atoms with E-state index in [9.17, 15) is 0 Å². The molecular formula is C15H26IN7S. The highest BCUT2D eigenvalue weighted by molar-refractivity contribution is 14.0. The molecule has 0 amide bonds. The Morgan fingerprint density at radius 1 is 1.38 bits per heavy atom. The number of guanidine groups is 1. The monoisotopic (exact) mass is 463 g/mol. The Kier molecular flexibility index (Phi) is 9.19. The van der Waals surface area contributed by atoms with Crippen molar-refractivity contribution in [3.05, 3.63) is 28.2 Å². The predicted octanol–water partition coefficient (Wildman–Crippen LogP) is 2.31. The molecule has 0 aliphatic heterocycles. The van der Waals surface area contributed by atoms with E-state index in [-0.39, 0.29) is 24.0 Å². The third kappa shape index (κ3) is 6.34. The predicted molar refractivity (Wildman–Crippen MR) is 109 cm³/mol. The van der Waals surface area contributed by atoms with Gasteiger partial charge in [0, 0.05) is 37.9 Å². The SMILES string of the molecule is CCNC(=NCc1ncnn1C)NCCc1csc(C(C)C)n1.I. The Hall–Kier alpha value is -1.23. The minimum atomic E-state index is 0. The molecule has 7 nitrogen and oxygen atoms in total. The molecule has 0 saturated carbocycles. The van der Waals surface area contributed by atoms with Gasteiger partial charge in [0.2, 0.25) is 0 Å². The summed E-state index contributed by atoms with van der Waals surface area (Å²) in [5.74, 6) is 2.12. The van der Waals surface area contributed by atoms with Crippen LogP contribution in [-0.4, -0.2) is 38.8 Å². The molecular weight excluding hydrogens is 437 g/mol. The fourth-order valence-electron chi connectivity index (χ4n) is 1.97. The highest BCUT2D eigenvalue weighted by atomic mass is 127. The summed E-state index contributed by atoms with van der Waals surface area (Å²) in [6.07, 6.45) is 2.43. The Balaban J connectivity index is 0.00000288. The lowest BCUT2D eigenvalue weighted by Gasteiger charge is -2.10. The molecule has 24 heavy (non-hydrogen) atoms. The van der Waals surface area contributed by atoms with Gasteiger partial charge in [-0.1, -0.05) is 13.8 Å². The van der Waals surface area contributed by atoms with E-state index >= 15 is 0 Å². The van der Waals surface area contributed by atoms with Crippen LogP contribution in [-0.2, 0) is 20.0 Å². The van der Waals surface area contributed by atoms with Gasteiger partial charge in [0.15, 0.2) is 5.96 Å². The average molecular weight is 463 g/mol. The summed E-state index contributed by atoms with van der Waals surface area (Å²) in [6, 6.07) is 0. The minimum absolute atomic E-state index is 0. The van der Waals surface area contributed by atoms with E-state index in [1.165, 1.54) is 5.01 Å². The average Bonchev–Trinajstić information content (AvgIpc) is 3.14. The molecule has 2 aromatic heterocycles. The summed E-state index contributed by atoms with van der Waals surface area (Å²) in [5.41, 5.74) is 1.13. The number of aliphatic imine (C=N–C) groups is 1. The van der Waals surface area contributed by atoms with Gasteiger partial charge in [0.25, 0.3) is 0 Å². The summed E-state index contributed by atoms with van der Waals surface area (Å²) in [6.45, 7) is 8.51. The third-order valence-electron chi connectivity index (χ3n) is 3.26. The molecule has 0 bridgehead atoms. The Labute approximate surface area is 164 Å². The number of rotatable bonds is 7. The van der Waals surface area contributed by atoms with Crippen LogP contribution in [0.4, 0.5) is 0 Å². The van der Waals surface area contributed by atoms with Crippen LogP contribution >= 0.6 is 35.3 Å². The zero-order valence-electron chi connectivity index (χ0n) is 14.6. The smallest absolute Gasteiger partial charge is 0.191 e. The lowest BCUT2D eigenvalue weighted by molar-refractivity contribution is 0.697. The van der Waals surface area contributed by atoms with Gasteiger partial charge in [0.05, 0.1) is 10.7 Å². The van der Waals surface area contributed by atoms with E-state index < -0.39 is 0 Å². The zero-order valence-corrected chi connectivity index (χ0v) is 17.8. The van der Waals surface area contributed by atoms with Gasteiger partial charge in [-0.05, 0) is 6.92 Å². The maximum atomic E-state index is 4.65. The number of thiazole rings is 1. The first-order valence-electron chi connectivity index (χ1n) is 7.89. The van der Waals surface area contributed by atoms with Crippen molar-refractivity contribution in [2.45, 2.75) is 39.7 Å². The fraction of sp³-hybridized carbons (Fsp3) is 0.600. The largest absolute Gasteiger partial charge is 0.357 e. The summed E-state index contributed by atoms with van der Waals surface area (Å²) < 4.78 is 1.73. The molecule has 2 heterocycles. The summed E-state index contributed by atoms with van der Waals surface area (Å²) in [7, 11) is 1.87. The van der Waals surface area contributed by atoms with E-state index in [1.807, 2.05) is 7.05 Å². The molecule has 9 heteroatoms. The Bertz CT molecular complexity index is 635. The number of nitrogens with zero attached hydrogens (tertiary/aromatic N) is 5. The molecule has 0 fully saturated rings. The molecule has 2 N–H and O–H groups in total. The molecule has 0 atom stereocenters. The van der Waals surface area contributed by atoms with Crippen LogP contribution in [0.5, 0.6) is 0 Å². The van der Waals surface area contributed by atoms with Crippen LogP contribution in [0.15, 0.2) is 16.7 Å². The second kappa shape index (κ2) is 10.6.